The van der Waals surface area contributed by atoms with Crippen molar-refractivity contribution in [1.29, 1.82) is 0 Å². The van der Waals surface area contributed by atoms with Crippen molar-refractivity contribution >= 4 is 15.7 Å². The van der Waals surface area contributed by atoms with Gasteiger partial charge in [-0.15, -0.1) is 0 Å². The van der Waals surface area contributed by atoms with Crippen molar-refractivity contribution in [2.24, 2.45) is 0 Å². The Labute approximate surface area is 118 Å². The number of aromatic nitrogens is 1. The molecule has 2 rings (SSSR count). The van der Waals surface area contributed by atoms with Crippen LogP contribution in [-0.2, 0) is 23.0 Å². The number of benzene rings is 1. The largest absolute Gasteiger partial charge is 0.444 e. The Kier molecular flexibility index (Phi) is 4.10. The average Bonchev–Trinajstić information content (AvgIpc) is 2.87. The van der Waals surface area contributed by atoms with Gasteiger partial charge in [0.15, 0.2) is 0 Å². The van der Waals surface area contributed by atoms with E-state index in [2.05, 4.69) is 9.71 Å². The van der Waals surface area contributed by atoms with Crippen LogP contribution in [0.25, 0.3) is 0 Å². The number of anilines is 1. The third-order valence-corrected chi connectivity index (χ3v) is 4.52. The second kappa shape index (κ2) is 5.64. The molecule has 0 aliphatic carbocycles. The number of rotatable bonds is 5. The molecule has 0 radical (unpaired) electrons. The van der Waals surface area contributed by atoms with Crippen LogP contribution < -0.4 is 10.5 Å². The number of nitrogen functional groups attached to an aromatic ring is 1. The number of hydrogen-bond donors (Lipinski definition) is 2. The maximum Gasteiger partial charge on any atom is 0.241 e. The lowest BCUT2D eigenvalue weighted by Crippen LogP contribution is -2.24. The van der Waals surface area contributed by atoms with Crippen LogP contribution in [-0.4, -0.2) is 13.4 Å². The molecule has 108 valence electrons. The van der Waals surface area contributed by atoms with Crippen molar-refractivity contribution < 1.29 is 12.8 Å². The van der Waals surface area contributed by atoms with Gasteiger partial charge in [-0.3, -0.25) is 0 Å². The molecule has 0 amide bonds. The SMILES string of the molecule is CCc1cnc(CNS(=O)(=O)c2cccc(N)c2C)o1. The van der Waals surface area contributed by atoms with Crippen molar-refractivity contribution in [3.63, 3.8) is 0 Å². The highest BCUT2D eigenvalue weighted by atomic mass is 32.2. The zero-order chi connectivity index (χ0) is 14.8. The van der Waals surface area contributed by atoms with Crippen LogP contribution in [0.3, 0.4) is 0 Å². The first-order chi connectivity index (χ1) is 9.44. The van der Waals surface area contributed by atoms with Gasteiger partial charge >= 0.3 is 0 Å². The fourth-order valence-corrected chi connectivity index (χ4v) is 3.00. The van der Waals surface area contributed by atoms with Gasteiger partial charge in [-0.05, 0) is 24.6 Å². The molecule has 20 heavy (non-hydrogen) atoms. The van der Waals surface area contributed by atoms with Crippen LogP contribution in [0.4, 0.5) is 5.69 Å². The lowest BCUT2D eigenvalue weighted by molar-refractivity contribution is 0.452. The molecule has 0 spiro atoms. The number of hydrogen-bond acceptors (Lipinski definition) is 5. The van der Waals surface area contributed by atoms with E-state index >= 15 is 0 Å². The third kappa shape index (κ3) is 3.00. The summed E-state index contributed by atoms with van der Waals surface area (Å²) in [6.45, 7) is 3.62. The molecular weight excluding hydrogens is 278 g/mol. The van der Waals surface area contributed by atoms with E-state index in [1.807, 2.05) is 6.92 Å². The minimum Gasteiger partial charge on any atom is -0.444 e. The molecule has 0 atom stereocenters. The number of nitrogens with zero attached hydrogens (tertiary/aromatic N) is 1. The van der Waals surface area contributed by atoms with Crippen molar-refractivity contribution in [2.75, 3.05) is 5.73 Å². The van der Waals surface area contributed by atoms with Gasteiger partial charge in [-0.1, -0.05) is 13.0 Å². The van der Waals surface area contributed by atoms with Crippen LogP contribution in [0.2, 0.25) is 0 Å². The molecule has 0 saturated carbocycles. The highest BCUT2D eigenvalue weighted by molar-refractivity contribution is 7.89. The summed E-state index contributed by atoms with van der Waals surface area (Å²) < 4.78 is 32.3. The first-order valence-corrected chi connectivity index (χ1v) is 7.70. The summed E-state index contributed by atoms with van der Waals surface area (Å²) in [7, 11) is -3.64. The van der Waals surface area contributed by atoms with Crippen LogP contribution >= 0.6 is 0 Å². The van der Waals surface area contributed by atoms with Gasteiger partial charge in [-0.25, -0.2) is 18.1 Å². The fraction of sp³-hybridized carbons (Fsp3) is 0.308. The van der Waals surface area contributed by atoms with E-state index in [4.69, 9.17) is 10.2 Å². The van der Waals surface area contributed by atoms with Crippen LogP contribution in [0.15, 0.2) is 33.7 Å². The lowest BCUT2D eigenvalue weighted by atomic mass is 10.2. The van der Waals surface area contributed by atoms with Crippen LogP contribution in [0.1, 0.15) is 24.1 Å². The highest BCUT2D eigenvalue weighted by Gasteiger charge is 2.18. The van der Waals surface area contributed by atoms with Gasteiger partial charge in [0, 0.05) is 12.1 Å². The molecule has 1 heterocycles. The minimum absolute atomic E-state index is 0.0105. The molecule has 6 nitrogen and oxygen atoms in total. The van der Waals surface area contributed by atoms with Gasteiger partial charge in [0.05, 0.1) is 17.6 Å². The molecule has 1 aromatic heterocycles. The second-order valence-electron chi connectivity index (χ2n) is 4.37. The summed E-state index contributed by atoms with van der Waals surface area (Å²) in [6, 6.07) is 4.79. The first-order valence-electron chi connectivity index (χ1n) is 6.22. The number of oxazole rings is 1. The van der Waals surface area contributed by atoms with E-state index in [1.54, 1.807) is 25.3 Å². The normalized spacial score (nSPS) is 11.7. The summed E-state index contributed by atoms with van der Waals surface area (Å²) in [5, 5.41) is 0. The standard InChI is InChI=1S/C13H17N3O3S/c1-3-10-7-15-13(19-10)8-16-20(17,18)12-6-4-5-11(14)9(12)2/h4-7,16H,3,8,14H2,1-2H3. The predicted molar refractivity (Wildman–Crippen MR) is 75.5 cm³/mol. The molecule has 7 heteroatoms. The summed E-state index contributed by atoms with van der Waals surface area (Å²) >= 11 is 0. The van der Waals surface area contributed by atoms with E-state index in [0.29, 0.717) is 23.6 Å². The molecular formula is C13H17N3O3S. The molecule has 0 aliphatic heterocycles. The Balaban J connectivity index is 2.17. The molecule has 0 unspecified atom stereocenters. The van der Waals surface area contributed by atoms with Crippen molar-refractivity contribution in [2.45, 2.75) is 31.7 Å². The fourth-order valence-electron chi connectivity index (χ4n) is 1.75. The third-order valence-electron chi connectivity index (χ3n) is 2.98. The van der Waals surface area contributed by atoms with Crippen molar-refractivity contribution in [3.8, 4) is 0 Å². The molecule has 0 aliphatic rings. The molecule has 2 aromatic rings. The first kappa shape index (κ1) is 14.5. The van der Waals surface area contributed by atoms with Gasteiger partial charge in [-0.2, -0.15) is 0 Å². The van der Waals surface area contributed by atoms with Crippen LogP contribution in [0, 0.1) is 6.92 Å². The molecule has 0 bridgehead atoms. The summed E-state index contributed by atoms with van der Waals surface area (Å²) in [5.41, 5.74) is 6.69. The van der Waals surface area contributed by atoms with Gasteiger partial charge in [0.25, 0.3) is 0 Å². The molecule has 0 fully saturated rings. The van der Waals surface area contributed by atoms with E-state index in [0.717, 1.165) is 5.76 Å². The Morgan fingerprint density at radius 2 is 2.15 bits per heavy atom. The number of sulfonamides is 1. The predicted octanol–water partition coefficient (Wildman–Crippen LogP) is 1.61. The van der Waals surface area contributed by atoms with Gasteiger partial charge in [0.2, 0.25) is 15.9 Å². The summed E-state index contributed by atoms with van der Waals surface area (Å²) in [5.74, 6) is 1.06. The highest BCUT2D eigenvalue weighted by Crippen LogP contribution is 2.20. The van der Waals surface area contributed by atoms with Gasteiger partial charge < -0.3 is 10.2 Å². The molecule has 1 aromatic carbocycles. The Bertz CT molecular complexity index is 707. The van der Waals surface area contributed by atoms with Gasteiger partial charge in [0.1, 0.15) is 5.76 Å². The Morgan fingerprint density at radius 1 is 1.40 bits per heavy atom. The summed E-state index contributed by atoms with van der Waals surface area (Å²) in [6.07, 6.45) is 2.31. The summed E-state index contributed by atoms with van der Waals surface area (Å²) in [4.78, 5) is 4.17. The topological polar surface area (TPSA) is 98.2 Å². The maximum atomic E-state index is 12.2. The smallest absolute Gasteiger partial charge is 0.241 e. The number of aryl methyl sites for hydroxylation is 1. The quantitative estimate of drug-likeness (QED) is 0.816. The average molecular weight is 295 g/mol. The van der Waals surface area contributed by atoms with Crippen molar-refractivity contribution in [3.05, 3.63) is 41.6 Å². The monoisotopic (exact) mass is 295 g/mol. The zero-order valence-electron chi connectivity index (χ0n) is 11.4. The number of nitrogens with two attached hydrogens (primary N) is 1. The molecule has 0 saturated heterocycles. The minimum atomic E-state index is -3.64. The lowest BCUT2D eigenvalue weighted by Gasteiger charge is -2.09. The van der Waals surface area contributed by atoms with E-state index in [9.17, 15) is 8.42 Å². The molecule has 3 N–H and O–H groups in total. The van der Waals surface area contributed by atoms with E-state index < -0.39 is 10.0 Å². The van der Waals surface area contributed by atoms with E-state index in [-0.39, 0.29) is 11.4 Å². The van der Waals surface area contributed by atoms with Crippen LogP contribution in [0.5, 0.6) is 0 Å². The Morgan fingerprint density at radius 3 is 2.80 bits per heavy atom. The van der Waals surface area contributed by atoms with E-state index in [1.165, 1.54) is 6.07 Å². The maximum absolute atomic E-state index is 12.2. The van der Waals surface area contributed by atoms with Crippen molar-refractivity contribution in [1.82, 2.24) is 9.71 Å². The zero-order valence-corrected chi connectivity index (χ0v) is 12.2. The Hall–Kier alpha value is -1.86. The number of nitrogens with one attached hydrogen (secondary N) is 1. The second-order valence-corrected chi connectivity index (χ2v) is 6.10.